The van der Waals surface area contributed by atoms with Crippen molar-refractivity contribution >= 4 is 33.4 Å². The van der Waals surface area contributed by atoms with Crippen molar-refractivity contribution < 1.29 is 13.2 Å². The number of aryl methyl sites for hydroxylation is 1. The lowest BCUT2D eigenvalue weighted by Gasteiger charge is -2.20. The summed E-state index contributed by atoms with van der Waals surface area (Å²) in [6.07, 6.45) is 3.91. The van der Waals surface area contributed by atoms with Gasteiger partial charge in [0.2, 0.25) is 21.1 Å². The third-order valence-corrected chi connectivity index (χ3v) is 8.22. The lowest BCUT2D eigenvalue weighted by atomic mass is 10.1. The number of nitrogens with zero attached hydrogens (tertiary/aromatic N) is 3. The Morgan fingerprint density at radius 3 is 2.36 bits per heavy atom. The predicted molar refractivity (Wildman–Crippen MR) is 130 cm³/mol. The molecule has 0 atom stereocenters. The van der Waals surface area contributed by atoms with Gasteiger partial charge in [-0.3, -0.25) is 9.89 Å². The van der Waals surface area contributed by atoms with Crippen LogP contribution < -0.4 is 5.32 Å². The highest BCUT2D eigenvalue weighted by Crippen LogP contribution is 2.23. The second kappa shape index (κ2) is 10.5. The van der Waals surface area contributed by atoms with E-state index in [2.05, 4.69) is 20.5 Å². The Bertz CT molecular complexity index is 1180. The number of carbonyl (C=O) groups excluding carboxylic acids is 1. The van der Waals surface area contributed by atoms with Crippen LogP contribution in [0.15, 0.2) is 58.6 Å². The first-order chi connectivity index (χ1) is 15.9. The molecule has 2 N–H and O–H groups in total. The molecule has 174 valence electrons. The van der Waals surface area contributed by atoms with Gasteiger partial charge in [0.25, 0.3) is 0 Å². The highest BCUT2D eigenvalue weighted by molar-refractivity contribution is 7.99. The van der Waals surface area contributed by atoms with E-state index in [0.717, 1.165) is 36.8 Å². The zero-order valence-electron chi connectivity index (χ0n) is 18.5. The van der Waals surface area contributed by atoms with Crippen LogP contribution in [0.1, 0.15) is 31.2 Å². The number of aromatic amines is 1. The Hall–Kier alpha value is -2.69. The first-order valence-corrected chi connectivity index (χ1v) is 13.4. The van der Waals surface area contributed by atoms with Crippen LogP contribution in [0.25, 0.3) is 11.4 Å². The summed E-state index contributed by atoms with van der Waals surface area (Å²) in [5.41, 5.74) is 2.64. The quantitative estimate of drug-likeness (QED) is 0.488. The van der Waals surface area contributed by atoms with Gasteiger partial charge in [0.15, 0.2) is 5.82 Å². The summed E-state index contributed by atoms with van der Waals surface area (Å²) in [4.78, 5) is 17.0. The summed E-state index contributed by atoms with van der Waals surface area (Å²) in [6.45, 7) is 3.14. The summed E-state index contributed by atoms with van der Waals surface area (Å²) >= 11 is 1.23. The van der Waals surface area contributed by atoms with E-state index in [1.54, 1.807) is 28.6 Å². The van der Waals surface area contributed by atoms with E-state index < -0.39 is 10.0 Å². The van der Waals surface area contributed by atoms with Gasteiger partial charge in [-0.2, -0.15) is 4.31 Å². The summed E-state index contributed by atoms with van der Waals surface area (Å²) in [5.74, 6) is 0.572. The minimum absolute atomic E-state index is 0.138. The van der Waals surface area contributed by atoms with Crippen molar-refractivity contribution in [3.05, 3.63) is 54.1 Å². The average Bonchev–Trinajstić information content (AvgIpc) is 3.10. The van der Waals surface area contributed by atoms with E-state index in [1.807, 2.05) is 31.2 Å². The van der Waals surface area contributed by atoms with Gasteiger partial charge in [0.05, 0.1) is 10.6 Å². The van der Waals surface area contributed by atoms with E-state index in [1.165, 1.54) is 11.8 Å². The Kier molecular flexibility index (Phi) is 7.46. The SMILES string of the molecule is Cc1ccc(-c2nc(SCC(=O)Nc3ccc(S(=O)(=O)N4CCCCCC4)cc3)n[nH]2)cc1. The first kappa shape index (κ1) is 23.5. The Morgan fingerprint density at radius 2 is 1.70 bits per heavy atom. The highest BCUT2D eigenvalue weighted by atomic mass is 32.2. The maximum absolute atomic E-state index is 12.9. The molecule has 2 aromatic carbocycles. The van der Waals surface area contributed by atoms with Crippen LogP contribution in [0.4, 0.5) is 5.69 Å². The van der Waals surface area contributed by atoms with Crippen LogP contribution >= 0.6 is 11.8 Å². The number of carbonyl (C=O) groups is 1. The number of benzene rings is 2. The number of hydrogen-bond acceptors (Lipinski definition) is 6. The molecule has 1 aliphatic heterocycles. The second-order valence-electron chi connectivity index (χ2n) is 8.01. The van der Waals surface area contributed by atoms with Crippen molar-refractivity contribution in [2.75, 3.05) is 24.2 Å². The van der Waals surface area contributed by atoms with E-state index in [0.29, 0.717) is 29.8 Å². The normalized spacial score (nSPS) is 15.2. The molecule has 1 fully saturated rings. The number of thioether (sulfide) groups is 1. The lowest BCUT2D eigenvalue weighted by Crippen LogP contribution is -2.31. The number of hydrogen-bond donors (Lipinski definition) is 2. The van der Waals surface area contributed by atoms with E-state index in [-0.39, 0.29) is 16.6 Å². The van der Waals surface area contributed by atoms with Crippen LogP contribution in [0.3, 0.4) is 0 Å². The number of rotatable bonds is 7. The van der Waals surface area contributed by atoms with Crippen molar-refractivity contribution in [3.8, 4) is 11.4 Å². The molecule has 1 saturated heterocycles. The molecule has 8 nitrogen and oxygen atoms in total. The molecule has 1 amide bonds. The fraction of sp³-hybridized carbons (Fsp3) is 0.348. The fourth-order valence-electron chi connectivity index (χ4n) is 3.62. The van der Waals surface area contributed by atoms with E-state index in [9.17, 15) is 13.2 Å². The average molecular weight is 486 g/mol. The van der Waals surface area contributed by atoms with Gasteiger partial charge >= 0.3 is 0 Å². The van der Waals surface area contributed by atoms with Gasteiger partial charge in [-0.25, -0.2) is 13.4 Å². The fourth-order valence-corrected chi connectivity index (χ4v) is 5.74. The molecule has 3 aromatic rings. The number of aromatic nitrogens is 3. The van der Waals surface area contributed by atoms with E-state index in [4.69, 9.17) is 0 Å². The maximum atomic E-state index is 12.9. The zero-order valence-corrected chi connectivity index (χ0v) is 20.1. The molecule has 4 rings (SSSR count). The first-order valence-electron chi connectivity index (χ1n) is 10.9. The molecule has 0 spiro atoms. The number of sulfonamides is 1. The lowest BCUT2D eigenvalue weighted by molar-refractivity contribution is -0.113. The number of anilines is 1. The summed E-state index contributed by atoms with van der Waals surface area (Å²) in [7, 11) is -3.50. The molecule has 0 radical (unpaired) electrons. The second-order valence-corrected chi connectivity index (χ2v) is 10.9. The Balaban J connectivity index is 1.31. The van der Waals surface area contributed by atoms with E-state index >= 15 is 0 Å². The molecular weight excluding hydrogens is 458 g/mol. The third-order valence-electron chi connectivity index (χ3n) is 5.46. The Morgan fingerprint density at radius 1 is 1.03 bits per heavy atom. The van der Waals surface area contributed by atoms with Gasteiger partial charge < -0.3 is 5.32 Å². The van der Waals surface area contributed by atoms with Crippen LogP contribution in [-0.2, 0) is 14.8 Å². The number of nitrogens with one attached hydrogen (secondary N) is 2. The topological polar surface area (TPSA) is 108 Å². The predicted octanol–water partition coefficient (Wildman–Crippen LogP) is 4.08. The largest absolute Gasteiger partial charge is 0.325 e. The molecule has 1 aliphatic rings. The monoisotopic (exact) mass is 485 g/mol. The minimum Gasteiger partial charge on any atom is -0.325 e. The van der Waals surface area contributed by atoms with Crippen molar-refractivity contribution in [3.63, 3.8) is 0 Å². The molecule has 0 unspecified atom stereocenters. The van der Waals surface area contributed by atoms with Crippen molar-refractivity contribution in [2.45, 2.75) is 42.7 Å². The molecule has 0 bridgehead atoms. The Labute approximate surface area is 198 Å². The summed E-state index contributed by atoms with van der Waals surface area (Å²) < 4.78 is 27.3. The molecule has 0 saturated carbocycles. The molecule has 33 heavy (non-hydrogen) atoms. The van der Waals surface area contributed by atoms with Crippen molar-refractivity contribution in [2.24, 2.45) is 0 Å². The molecule has 0 aliphatic carbocycles. The van der Waals surface area contributed by atoms with Gasteiger partial charge in [0.1, 0.15) is 0 Å². The van der Waals surface area contributed by atoms with Gasteiger partial charge in [-0.1, -0.05) is 54.4 Å². The van der Waals surface area contributed by atoms with Crippen LogP contribution in [-0.4, -0.2) is 52.7 Å². The standard InChI is InChI=1S/C23H27N5O3S2/c1-17-6-8-18(9-7-17)22-25-23(27-26-22)32-16-21(29)24-19-10-12-20(13-11-19)33(30,31)28-14-4-2-3-5-15-28/h6-13H,2-5,14-16H2,1H3,(H,24,29)(H,25,26,27). The molecule has 1 aromatic heterocycles. The molecular formula is C23H27N5O3S2. The van der Waals surface area contributed by atoms with Crippen LogP contribution in [0, 0.1) is 6.92 Å². The number of amides is 1. The van der Waals surface area contributed by atoms with Gasteiger partial charge in [0, 0.05) is 24.3 Å². The van der Waals surface area contributed by atoms with Crippen molar-refractivity contribution in [1.82, 2.24) is 19.5 Å². The third kappa shape index (κ3) is 6.01. The summed E-state index contributed by atoms with van der Waals surface area (Å²) in [6, 6.07) is 14.3. The summed E-state index contributed by atoms with van der Waals surface area (Å²) in [5, 5.41) is 10.3. The maximum Gasteiger partial charge on any atom is 0.243 e. The number of H-pyrrole nitrogens is 1. The smallest absolute Gasteiger partial charge is 0.243 e. The van der Waals surface area contributed by atoms with Gasteiger partial charge in [-0.15, -0.1) is 5.10 Å². The zero-order chi connectivity index (χ0) is 23.3. The highest BCUT2D eigenvalue weighted by Gasteiger charge is 2.25. The van der Waals surface area contributed by atoms with Crippen LogP contribution in [0.5, 0.6) is 0 Å². The minimum atomic E-state index is -3.50. The van der Waals surface area contributed by atoms with Crippen molar-refractivity contribution in [1.29, 1.82) is 0 Å². The van der Waals surface area contributed by atoms with Crippen LogP contribution in [0.2, 0.25) is 0 Å². The molecule has 2 heterocycles. The molecule has 10 heteroatoms. The van der Waals surface area contributed by atoms with Gasteiger partial charge in [-0.05, 0) is 44.0 Å².